The Labute approximate surface area is 141 Å². The van der Waals surface area contributed by atoms with Crippen molar-refractivity contribution in [3.8, 4) is 5.75 Å². The molecule has 7 nitrogen and oxygen atoms in total. The molecule has 2 aromatic rings. The molecule has 1 aliphatic rings. The number of hydrogen-bond donors (Lipinski definition) is 2. The van der Waals surface area contributed by atoms with Gasteiger partial charge in [-0.3, -0.25) is 20.2 Å². The molecule has 0 saturated carbocycles. The van der Waals surface area contributed by atoms with Crippen LogP contribution in [0.3, 0.4) is 0 Å². The molecule has 2 heterocycles. The lowest BCUT2D eigenvalue weighted by Gasteiger charge is -2.24. The molecule has 7 heteroatoms. The Balaban J connectivity index is 1.70. The van der Waals surface area contributed by atoms with Gasteiger partial charge in [-0.05, 0) is 17.7 Å². The number of methoxy groups -OCH3 is 1. The molecule has 2 N–H and O–H groups in total. The van der Waals surface area contributed by atoms with Gasteiger partial charge in [0.1, 0.15) is 5.75 Å². The molecule has 1 fully saturated rings. The summed E-state index contributed by atoms with van der Waals surface area (Å²) in [6.45, 7) is 1.03. The van der Waals surface area contributed by atoms with Crippen molar-refractivity contribution < 1.29 is 9.53 Å². The molecule has 2 unspecified atom stereocenters. The standard InChI is InChI=1S/C17H21N5O2/c1-22(11-13-9-18-7-8-19-13)17(23)15-10-20-21-16(15)12-3-5-14(24-2)6-4-12/h3-9,15-16,20-21H,10-11H2,1-2H3. The minimum Gasteiger partial charge on any atom is -0.497 e. The van der Waals surface area contributed by atoms with E-state index in [0.717, 1.165) is 17.0 Å². The van der Waals surface area contributed by atoms with Crippen LogP contribution in [-0.4, -0.2) is 41.5 Å². The van der Waals surface area contributed by atoms with Gasteiger partial charge < -0.3 is 9.64 Å². The molecule has 24 heavy (non-hydrogen) atoms. The largest absolute Gasteiger partial charge is 0.497 e. The summed E-state index contributed by atoms with van der Waals surface area (Å²) >= 11 is 0. The number of hydrazine groups is 1. The number of carbonyl (C=O) groups is 1. The van der Waals surface area contributed by atoms with E-state index in [-0.39, 0.29) is 17.9 Å². The molecule has 1 amide bonds. The molecule has 126 valence electrons. The SMILES string of the molecule is COc1ccc(C2NNCC2C(=O)N(C)Cc2cnccn2)cc1. The number of carbonyl (C=O) groups excluding carboxylic acids is 1. The van der Waals surface area contributed by atoms with E-state index in [1.54, 1.807) is 37.6 Å². The summed E-state index contributed by atoms with van der Waals surface area (Å²) in [5, 5.41) is 0. The monoisotopic (exact) mass is 327 g/mol. The highest BCUT2D eigenvalue weighted by Crippen LogP contribution is 2.28. The minimum atomic E-state index is -0.180. The van der Waals surface area contributed by atoms with Gasteiger partial charge in [0.05, 0.1) is 37.5 Å². The molecule has 0 spiro atoms. The Bertz CT molecular complexity index is 677. The Morgan fingerprint density at radius 2 is 2.12 bits per heavy atom. The number of rotatable bonds is 5. The molecular formula is C17H21N5O2. The molecule has 1 aliphatic heterocycles. The predicted molar refractivity (Wildman–Crippen MR) is 88.9 cm³/mol. The number of aromatic nitrogens is 2. The molecule has 1 saturated heterocycles. The Hall–Kier alpha value is -2.51. The smallest absolute Gasteiger partial charge is 0.229 e. The van der Waals surface area contributed by atoms with Gasteiger partial charge in [-0.15, -0.1) is 0 Å². The second-order valence-corrected chi connectivity index (χ2v) is 5.77. The lowest BCUT2D eigenvalue weighted by atomic mass is 9.93. The second-order valence-electron chi connectivity index (χ2n) is 5.77. The van der Waals surface area contributed by atoms with Gasteiger partial charge in [-0.25, -0.2) is 5.43 Å². The fraction of sp³-hybridized carbons (Fsp3) is 0.353. The summed E-state index contributed by atoms with van der Waals surface area (Å²) in [5.41, 5.74) is 8.11. The van der Waals surface area contributed by atoms with Crippen molar-refractivity contribution in [3.05, 3.63) is 54.1 Å². The van der Waals surface area contributed by atoms with Crippen LogP contribution in [0.1, 0.15) is 17.3 Å². The number of ether oxygens (including phenoxy) is 1. The molecule has 0 aliphatic carbocycles. The van der Waals surface area contributed by atoms with E-state index in [9.17, 15) is 4.79 Å². The Morgan fingerprint density at radius 1 is 1.33 bits per heavy atom. The van der Waals surface area contributed by atoms with Crippen molar-refractivity contribution in [1.29, 1.82) is 0 Å². The van der Waals surface area contributed by atoms with E-state index in [1.807, 2.05) is 24.3 Å². The molecule has 1 aromatic carbocycles. The molecule has 1 aromatic heterocycles. The van der Waals surface area contributed by atoms with Gasteiger partial charge in [0.15, 0.2) is 0 Å². The quantitative estimate of drug-likeness (QED) is 0.850. The van der Waals surface area contributed by atoms with E-state index in [0.29, 0.717) is 13.1 Å². The second kappa shape index (κ2) is 7.37. The molecular weight excluding hydrogens is 306 g/mol. The van der Waals surface area contributed by atoms with E-state index in [1.165, 1.54) is 0 Å². The Kier molecular flexibility index (Phi) is 5.02. The summed E-state index contributed by atoms with van der Waals surface area (Å²) < 4.78 is 5.19. The van der Waals surface area contributed by atoms with Gasteiger partial charge in [0, 0.05) is 26.0 Å². The van der Waals surface area contributed by atoms with Crippen molar-refractivity contribution in [2.24, 2.45) is 5.92 Å². The number of benzene rings is 1. The lowest BCUT2D eigenvalue weighted by molar-refractivity contribution is -0.134. The summed E-state index contributed by atoms with van der Waals surface area (Å²) in [5.74, 6) is 0.686. The third kappa shape index (κ3) is 3.52. The first kappa shape index (κ1) is 16.4. The maximum Gasteiger partial charge on any atom is 0.229 e. The van der Waals surface area contributed by atoms with Crippen LogP contribution in [0.15, 0.2) is 42.9 Å². The van der Waals surface area contributed by atoms with Gasteiger partial charge in [-0.2, -0.15) is 0 Å². The first-order valence-corrected chi connectivity index (χ1v) is 7.81. The summed E-state index contributed by atoms with van der Waals surface area (Å²) in [4.78, 5) is 22.8. The fourth-order valence-electron chi connectivity index (χ4n) is 2.87. The maximum absolute atomic E-state index is 12.8. The summed E-state index contributed by atoms with van der Waals surface area (Å²) in [6, 6.07) is 7.69. The summed E-state index contributed by atoms with van der Waals surface area (Å²) in [7, 11) is 3.43. The zero-order valence-electron chi connectivity index (χ0n) is 13.8. The van der Waals surface area contributed by atoms with Crippen molar-refractivity contribution in [3.63, 3.8) is 0 Å². The van der Waals surface area contributed by atoms with Crippen LogP contribution in [0.4, 0.5) is 0 Å². The molecule has 2 atom stereocenters. The van der Waals surface area contributed by atoms with Gasteiger partial charge in [-0.1, -0.05) is 12.1 Å². The minimum absolute atomic E-state index is 0.0685. The highest BCUT2D eigenvalue weighted by Gasteiger charge is 2.35. The molecule has 0 radical (unpaired) electrons. The van der Waals surface area contributed by atoms with Crippen LogP contribution in [0.5, 0.6) is 5.75 Å². The van der Waals surface area contributed by atoms with E-state index >= 15 is 0 Å². The first-order valence-electron chi connectivity index (χ1n) is 7.81. The Morgan fingerprint density at radius 3 is 2.79 bits per heavy atom. The topological polar surface area (TPSA) is 79.4 Å². The van der Waals surface area contributed by atoms with E-state index in [4.69, 9.17) is 4.74 Å². The predicted octanol–water partition coefficient (Wildman–Crippen LogP) is 0.909. The molecule has 3 rings (SSSR count). The number of hydrogen-bond acceptors (Lipinski definition) is 6. The number of amides is 1. The third-order valence-corrected chi connectivity index (χ3v) is 4.17. The number of nitrogens with one attached hydrogen (secondary N) is 2. The average Bonchev–Trinajstić information content (AvgIpc) is 3.11. The van der Waals surface area contributed by atoms with Crippen LogP contribution < -0.4 is 15.6 Å². The highest BCUT2D eigenvalue weighted by atomic mass is 16.5. The van der Waals surface area contributed by atoms with Crippen LogP contribution >= 0.6 is 0 Å². The van der Waals surface area contributed by atoms with Gasteiger partial charge in [0.25, 0.3) is 0 Å². The zero-order chi connectivity index (χ0) is 16.9. The van der Waals surface area contributed by atoms with Crippen molar-refractivity contribution in [2.75, 3.05) is 20.7 Å². The maximum atomic E-state index is 12.8. The van der Waals surface area contributed by atoms with Gasteiger partial charge >= 0.3 is 0 Å². The lowest BCUT2D eigenvalue weighted by Crippen LogP contribution is -2.36. The average molecular weight is 327 g/mol. The third-order valence-electron chi connectivity index (χ3n) is 4.17. The summed E-state index contributed by atoms with van der Waals surface area (Å²) in [6.07, 6.45) is 4.93. The molecule has 0 bridgehead atoms. The number of nitrogens with zero attached hydrogens (tertiary/aromatic N) is 3. The zero-order valence-corrected chi connectivity index (χ0v) is 13.8. The fourth-order valence-corrected chi connectivity index (χ4v) is 2.87. The van der Waals surface area contributed by atoms with Crippen LogP contribution in [-0.2, 0) is 11.3 Å². The van der Waals surface area contributed by atoms with Crippen LogP contribution in [0.2, 0.25) is 0 Å². The van der Waals surface area contributed by atoms with E-state index < -0.39 is 0 Å². The van der Waals surface area contributed by atoms with Crippen molar-refractivity contribution >= 4 is 5.91 Å². The van der Waals surface area contributed by atoms with Gasteiger partial charge in [0.2, 0.25) is 5.91 Å². The van der Waals surface area contributed by atoms with Crippen molar-refractivity contribution in [1.82, 2.24) is 25.7 Å². The normalized spacial score (nSPS) is 19.9. The highest BCUT2D eigenvalue weighted by molar-refractivity contribution is 5.80. The van der Waals surface area contributed by atoms with Crippen molar-refractivity contribution in [2.45, 2.75) is 12.6 Å². The van der Waals surface area contributed by atoms with Crippen LogP contribution in [0.25, 0.3) is 0 Å². The van der Waals surface area contributed by atoms with Crippen LogP contribution in [0, 0.1) is 5.92 Å². The first-order chi connectivity index (χ1) is 11.7. The van der Waals surface area contributed by atoms with E-state index in [2.05, 4.69) is 20.8 Å².